The molecule has 4 heteroatoms. The molecule has 1 aliphatic rings. The normalized spacial score (nSPS) is 19.9. The first-order valence-corrected chi connectivity index (χ1v) is 8.43. The predicted molar refractivity (Wildman–Crippen MR) is 78.6 cm³/mol. The van der Waals surface area contributed by atoms with E-state index < -0.39 is 9.84 Å². The van der Waals surface area contributed by atoms with E-state index in [0.29, 0.717) is 12.6 Å². The topological polar surface area (TPSA) is 37.4 Å². The molecule has 1 aromatic carbocycles. The second-order valence-electron chi connectivity index (χ2n) is 5.04. The van der Waals surface area contributed by atoms with Crippen LogP contribution in [0.5, 0.6) is 0 Å². The van der Waals surface area contributed by atoms with Gasteiger partial charge in [-0.3, -0.25) is 4.90 Å². The molecule has 1 heterocycles. The molecule has 1 aromatic rings. The average Bonchev–Trinajstić information content (AvgIpc) is 2.44. The van der Waals surface area contributed by atoms with Crippen LogP contribution in [0.2, 0.25) is 0 Å². The molecule has 0 saturated carbocycles. The van der Waals surface area contributed by atoms with E-state index in [4.69, 9.17) is 0 Å². The Hall–Kier alpha value is -1.13. The SMILES string of the molecule is C=CS(=O)(=O)CCN1Cc2ccccc2CC1CC. The molecule has 2 rings (SSSR count). The predicted octanol–water partition coefficient (Wildman–Crippen LogP) is 2.38. The van der Waals surface area contributed by atoms with Crippen LogP contribution in [-0.4, -0.2) is 31.7 Å². The Morgan fingerprint density at radius 2 is 2.05 bits per heavy atom. The average molecular weight is 279 g/mol. The first-order valence-electron chi connectivity index (χ1n) is 6.71. The van der Waals surface area contributed by atoms with Crippen LogP contribution in [0.25, 0.3) is 0 Å². The molecule has 0 aromatic heterocycles. The van der Waals surface area contributed by atoms with Gasteiger partial charge in [0.1, 0.15) is 0 Å². The smallest absolute Gasteiger partial charge is 0.172 e. The first-order chi connectivity index (χ1) is 9.05. The highest BCUT2D eigenvalue weighted by atomic mass is 32.2. The van der Waals surface area contributed by atoms with Crippen molar-refractivity contribution in [3.05, 3.63) is 47.4 Å². The molecule has 0 saturated heterocycles. The van der Waals surface area contributed by atoms with Crippen molar-refractivity contribution in [3.8, 4) is 0 Å². The van der Waals surface area contributed by atoms with Crippen LogP contribution in [0.1, 0.15) is 24.5 Å². The van der Waals surface area contributed by atoms with E-state index in [1.807, 2.05) is 6.07 Å². The summed E-state index contributed by atoms with van der Waals surface area (Å²) in [7, 11) is -3.11. The molecular weight excluding hydrogens is 258 g/mol. The lowest BCUT2D eigenvalue weighted by atomic mass is 9.93. The fourth-order valence-corrected chi connectivity index (χ4v) is 3.29. The summed E-state index contributed by atoms with van der Waals surface area (Å²) >= 11 is 0. The van der Waals surface area contributed by atoms with E-state index in [-0.39, 0.29) is 5.75 Å². The van der Waals surface area contributed by atoms with Gasteiger partial charge in [0, 0.05) is 24.5 Å². The highest BCUT2D eigenvalue weighted by Crippen LogP contribution is 2.24. The second-order valence-corrected chi connectivity index (χ2v) is 7.11. The van der Waals surface area contributed by atoms with Gasteiger partial charge < -0.3 is 0 Å². The fourth-order valence-electron chi connectivity index (χ4n) is 2.63. The van der Waals surface area contributed by atoms with E-state index in [2.05, 4.69) is 36.6 Å². The zero-order chi connectivity index (χ0) is 13.9. The summed E-state index contributed by atoms with van der Waals surface area (Å²) in [4.78, 5) is 2.28. The molecule has 0 radical (unpaired) electrons. The Kier molecular flexibility index (Phi) is 4.42. The number of rotatable bonds is 5. The van der Waals surface area contributed by atoms with Crippen molar-refractivity contribution in [2.24, 2.45) is 0 Å². The summed E-state index contributed by atoms with van der Waals surface area (Å²) in [6.07, 6.45) is 2.06. The molecule has 0 aliphatic carbocycles. The van der Waals surface area contributed by atoms with Crippen molar-refractivity contribution in [1.82, 2.24) is 4.90 Å². The molecule has 0 fully saturated rings. The maximum atomic E-state index is 11.5. The van der Waals surface area contributed by atoms with Crippen LogP contribution in [0, 0.1) is 0 Å². The zero-order valence-corrected chi connectivity index (χ0v) is 12.2. The zero-order valence-electron chi connectivity index (χ0n) is 11.4. The van der Waals surface area contributed by atoms with Crippen molar-refractivity contribution >= 4 is 9.84 Å². The highest BCUT2D eigenvalue weighted by molar-refractivity contribution is 7.94. The summed E-state index contributed by atoms with van der Waals surface area (Å²) in [5, 5.41) is 1.06. The van der Waals surface area contributed by atoms with Crippen LogP contribution in [0.4, 0.5) is 0 Å². The number of nitrogens with zero attached hydrogens (tertiary/aromatic N) is 1. The molecule has 0 bridgehead atoms. The number of benzene rings is 1. The minimum absolute atomic E-state index is 0.162. The Bertz CT molecular complexity index is 551. The summed E-state index contributed by atoms with van der Waals surface area (Å²) in [6, 6.07) is 8.87. The van der Waals surface area contributed by atoms with Crippen LogP contribution in [-0.2, 0) is 22.8 Å². The molecule has 1 atom stereocenters. The highest BCUT2D eigenvalue weighted by Gasteiger charge is 2.25. The quantitative estimate of drug-likeness (QED) is 0.830. The van der Waals surface area contributed by atoms with Gasteiger partial charge in [0.25, 0.3) is 0 Å². The van der Waals surface area contributed by atoms with Gasteiger partial charge in [-0.15, -0.1) is 0 Å². The van der Waals surface area contributed by atoms with Gasteiger partial charge in [0.2, 0.25) is 0 Å². The van der Waals surface area contributed by atoms with Gasteiger partial charge in [-0.1, -0.05) is 37.8 Å². The molecule has 1 unspecified atom stereocenters. The lowest BCUT2D eigenvalue weighted by Gasteiger charge is -2.36. The molecule has 1 aliphatic heterocycles. The van der Waals surface area contributed by atoms with E-state index >= 15 is 0 Å². The first kappa shape index (κ1) is 14.3. The van der Waals surface area contributed by atoms with Crippen molar-refractivity contribution in [2.45, 2.75) is 32.4 Å². The van der Waals surface area contributed by atoms with Crippen molar-refractivity contribution in [2.75, 3.05) is 12.3 Å². The Labute approximate surface area is 115 Å². The molecular formula is C15H21NO2S. The summed E-state index contributed by atoms with van der Waals surface area (Å²) in [5.41, 5.74) is 2.72. The van der Waals surface area contributed by atoms with Gasteiger partial charge >= 0.3 is 0 Å². The standard InChI is InChI=1S/C15H21NO2S/c1-3-15-11-13-7-5-6-8-14(13)12-16(15)9-10-19(17,18)4-2/h4-8,15H,2-3,9-12H2,1H3. The summed E-state index contributed by atoms with van der Waals surface area (Å²) in [5.74, 6) is 0.162. The second kappa shape index (κ2) is 5.88. The Morgan fingerprint density at radius 1 is 1.37 bits per heavy atom. The van der Waals surface area contributed by atoms with Gasteiger partial charge in [-0.05, 0) is 24.0 Å². The van der Waals surface area contributed by atoms with Crippen LogP contribution in [0.3, 0.4) is 0 Å². The third kappa shape index (κ3) is 3.45. The third-order valence-corrected chi connectivity index (χ3v) is 5.11. The van der Waals surface area contributed by atoms with E-state index in [1.165, 1.54) is 11.1 Å². The monoisotopic (exact) mass is 279 g/mol. The maximum Gasteiger partial charge on any atom is 0.172 e. The minimum Gasteiger partial charge on any atom is -0.295 e. The van der Waals surface area contributed by atoms with E-state index in [1.54, 1.807) is 0 Å². The van der Waals surface area contributed by atoms with Gasteiger partial charge in [0.15, 0.2) is 9.84 Å². The number of sulfone groups is 1. The number of fused-ring (bicyclic) bond motifs is 1. The molecule has 19 heavy (non-hydrogen) atoms. The number of hydrogen-bond donors (Lipinski definition) is 0. The maximum absolute atomic E-state index is 11.5. The molecule has 3 nitrogen and oxygen atoms in total. The fraction of sp³-hybridized carbons (Fsp3) is 0.467. The van der Waals surface area contributed by atoms with Gasteiger partial charge in [0.05, 0.1) is 5.75 Å². The summed E-state index contributed by atoms with van der Waals surface area (Å²) < 4.78 is 23.1. The molecule has 0 amide bonds. The largest absolute Gasteiger partial charge is 0.295 e. The Balaban J connectivity index is 2.11. The van der Waals surface area contributed by atoms with Crippen molar-refractivity contribution in [3.63, 3.8) is 0 Å². The summed E-state index contributed by atoms with van der Waals surface area (Å²) in [6.45, 7) is 6.96. The molecule has 104 valence electrons. The van der Waals surface area contributed by atoms with Gasteiger partial charge in [-0.2, -0.15) is 0 Å². The molecule has 0 spiro atoms. The lowest BCUT2D eigenvalue weighted by Crippen LogP contribution is -2.42. The van der Waals surface area contributed by atoms with Gasteiger partial charge in [-0.25, -0.2) is 8.42 Å². The number of hydrogen-bond acceptors (Lipinski definition) is 3. The van der Waals surface area contributed by atoms with E-state index in [0.717, 1.165) is 24.8 Å². The Morgan fingerprint density at radius 3 is 2.68 bits per heavy atom. The van der Waals surface area contributed by atoms with Crippen LogP contribution >= 0.6 is 0 Å². The van der Waals surface area contributed by atoms with Crippen LogP contribution in [0.15, 0.2) is 36.3 Å². The van der Waals surface area contributed by atoms with Crippen molar-refractivity contribution in [1.29, 1.82) is 0 Å². The lowest BCUT2D eigenvalue weighted by molar-refractivity contribution is 0.177. The van der Waals surface area contributed by atoms with E-state index in [9.17, 15) is 8.42 Å². The van der Waals surface area contributed by atoms with Crippen molar-refractivity contribution < 1.29 is 8.42 Å². The van der Waals surface area contributed by atoms with Crippen LogP contribution < -0.4 is 0 Å². The molecule has 0 N–H and O–H groups in total. The minimum atomic E-state index is -3.11. The third-order valence-electron chi connectivity index (χ3n) is 3.85.